The third-order valence-electron chi connectivity index (χ3n) is 1.22. The van der Waals surface area contributed by atoms with E-state index >= 15 is 0 Å². The number of rotatable bonds is 6. The summed E-state index contributed by atoms with van der Waals surface area (Å²) in [6.07, 6.45) is -0.117. The molecule has 0 aliphatic rings. The summed E-state index contributed by atoms with van der Waals surface area (Å²) in [7, 11) is -2.11. The number of halogens is 1. The van der Waals surface area contributed by atoms with Crippen molar-refractivity contribution in [3.8, 4) is 0 Å². The van der Waals surface area contributed by atoms with E-state index in [0.717, 1.165) is 0 Å². The third-order valence-corrected chi connectivity index (χ3v) is 3.00. The van der Waals surface area contributed by atoms with Crippen LogP contribution in [0.1, 0.15) is 6.42 Å². The van der Waals surface area contributed by atoms with Gasteiger partial charge >= 0.3 is 5.97 Å². The Bertz CT molecular complexity index is 251. The standard InChI is InChI=1S/C6H12BrNO4S/c1-12-6(9)2-5-13(10,11)8-4-3-7/h8H,2-5H2,1H3. The Kier molecular flexibility index (Phi) is 6.27. The number of nitrogens with one attached hydrogen (secondary N) is 1. The molecule has 13 heavy (non-hydrogen) atoms. The van der Waals surface area contributed by atoms with Crippen molar-refractivity contribution >= 4 is 31.9 Å². The number of esters is 1. The van der Waals surface area contributed by atoms with Crippen LogP contribution in [0.25, 0.3) is 0 Å². The quantitative estimate of drug-likeness (QED) is 0.540. The Morgan fingerprint density at radius 2 is 2.15 bits per heavy atom. The average molecular weight is 274 g/mol. The predicted molar refractivity (Wildman–Crippen MR) is 52.2 cm³/mol. The minimum absolute atomic E-state index is 0.117. The van der Waals surface area contributed by atoms with Gasteiger partial charge < -0.3 is 4.74 Å². The molecule has 0 radical (unpaired) electrons. The maximum absolute atomic E-state index is 11.1. The van der Waals surface area contributed by atoms with E-state index in [-0.39, 0.29) is 12.2 Å². The predicted octanol–water partition coefficient (Wildman–Crippen LogP) is -0.136. The summed E-state index contributed by atoms with van der Waals surface area (Å²) in [5.74, 6) is -0.753. The zero-order chi connectivity index (χ0) is 10.3. The molecule has 0 aromatic carbocycles. The van der Waals surface area contributed by atoms with E-state index in [9.17, 15) is 13.2 Å². The molecule has 0 aromatic rings. The first-order valence-corrected chi connectivity index (χ1v) is 6.39. The topological polar surface area (TPSA) is 72.5 Å². The van der Waals surface area contributed by atoms with Gasteiger partial charge in [0.1, 0.15) is 0 Å². The van der Waals surface area contributed by atoms with Gasteiger partial charge in [0.2, 0.25) is 10.0 Å². The highest BCUT2D eigenvalue weighted by Crippen LogP contribution is 1.92. The summed E-state index contributed by atoms with van der Waals surface area (Å²) in [6.45, 7) is 0.323. The van der Waals surface area contributed by atoms with Crippen LogP contribution < -0.4 is 4.72 Å². The van der Waals surface area contributed by atoms with Crippen LogP contribution in [0.3, 0.4) is 0 Å². The van der Waals surface area contributed by atoms with Crippen molar-refractivity contribution in [2.24, 2.45) is 0 Å². The summed E-state index contributed by atoms with van der Waals surface area (Å²) in [5, 5.41) is 0.546. The maximum Gasteiger partial charge on any atom is 0.306 e. The van der Waals surface area contributed by atoms with Gasteiger partial charge in [-0.15, -0.1) is 0 Å². The molecule has 0 fully saturated rings. The Hall–Kier alpha value is -0.140. The van der Waals surface area contributed by atoms with Gasteiger partial charge in [-0.1, -0.05) is 15.9 Å². The van der Waals surface area contributed by atoms with Gasteiger partial charge in [0, 0.05) is 11.9 Å². The van der Waals surface area contributed by atoms with E-state index in [0.29, 0.717) is 11.9 Å². The summed E-state index contributed by atoms with van der Waals surface area (Å²) >= 11 is 3.08. The lowest BCUT2D eigenvalue weighted by Crippen LogP contribution is -2.29. The summed E-state index contributed by atoms with van der Waals surface area (Å²) < 4.78 is 28.8. The number of carbonyl (C=O) groups excluding carboxylic acids is 1. The molecule has 1 N–H and O–H groups in total. The van der Waals surface area contributed by atoms with Crippen molar-refractivity contribution in [2.45, 2.75) is 6.42 Å². The number of alkyl halides is 1. The van der Waals surface area contributed by atoms with Crippen molar-refractivity contribution in [3.63, 3.8) is 0 Å². The molecule has 0 aromatic heterocycles. The fourth-order valence-electron chi connectivity index (χ4n) is 0.586. The van der Waals surface area contributed by atoms with Crippen molar-refractivity contribution in [1.29, 1.82) is 0 Å². The Morgan fingerprint density at radius 3 is 2.62 bits per heavy atom. The Balaban J connectivity index is 3.83. The van der Waals surface area contributed by atoms with E-state index in [4.69, 9.17) is 0 Å². The fraction of sp³-hybridized carbons (Fsp3) is 0.833. The molecule has 0 heterocycles. The highest BCUT2D eigenvalue weighted by molar-refractivity contribution is 9.09. The zero-order valence-electron chi connectivity index (χ0n) is 7.25. The second-order valence-corrected chi connectivity index (χ2v) is 4.95. The van der Waals surface area contributed by atoms with Crippen LogP contribution in [0.15, 0.2) is 0 Å². The smallest absolute Gasteiger partial charge is 0.306 e. The lowest BCUT2D eigenvalue weighted by atomic mass is 10.5. The van der Waals surface area contributed by atoms with E-state index < -0.39 is 16.0 Å². The van der Waals surface area contributed by atoms with Gasteiger partial charge in [-0.25, -0.2) is 13.1 Å². The van der Waals surface area contributed by atoms with Crippen molar-refractivity contribution in [2.75, 3.05) is 24.7 Å². The Labute approximate surface area is 86.0 Å². The van der Waals surface area contributed by atoms with Crippen molar-refractivity contribution in [3.05, 3.63) is 0 Å². The summed E-state index contributed by atoms with van der Waals surface area (Å²) in [5.41, 5.74) is 0. The lowest BCUT2D eigenvalue weighted by Gasteiger charge is -2.03. The van der Waals surface area contributed by atoms with Crippen LogP contribution in [0.4, 0.5) is 0 Å². The normalized spacial score (nSPS) is 11.2. The molecule has 0 aliphatic carbocycles. The van der Waals surface area contributed by atoms with Gasteiger partial charge in [0.25, 0.3) is 0 Å². The van der Waals surface area contributed by atoms with Crippen LogP contribution in [0.5, 0.6) is 0 Å². The van der Waals surface area contributed by atoms with Crippen molar-refractivity contribution in [1.82, 2.24) is 4.72 Å². The molecule has 0 saturated carbocycles. The zero-order valence-corrected chi connectivity index (χ0v) is 9.65. The van der Waals surface area contributed by atoms with Crippen LogP contribution >= 0.6 is 15.9 Å². The van der Waals surface area contributed by atoms with Gasteiger partial charge in [0.15, 0.2) is 0 Å². The molecule has 0 unspecified atom stereocenters. The summed E-state index contributed by atoms with van der Waals surface area (Å²) in [4.78, 5) is 10.6. The van der Waals surface area contributed by atoms with E-state index in [1.54, 1.807) is 0 Å². The van der Waals surface area contributed by atoms with Crippen LogP contribution in [0, 0.1) is 0 Å². The fourth-order valence-corrected chi connectivity index (χ4v) is 2.04. The molecule has 0 bridgehead atoms. The maximum atomic E-state index is 11.1. The highest BCUT2D eigenvalue weighted by Gasteiger charge is 2.12. The lowest BCUT2D eigenvalue weighted by molar-refractivity contribution is -0.140. The van der Waals surface area contributed by atoms with Gasteiger partial charge in [-0.2, -0.15) is 0 Å². The molecular formula is C6H12BrNO4S. The number of carbonyl (C=O) groups is 1. The molecule has 0 rings (SSSR count). The minimum Gasteiger partial charge on any atom is -0.469 e. The number of hydrogen-bond donors (Lipinski definition) is 1. The second kappa shape index (κ2) is 6.33. The highest BCUT2D eigenvalue weighted by atomic mass is 79.9. The van der Waals surface area contributed by atoms with Crippen LogP contribution in [0.2, 0.25) is 0 Å². The minimum atomic E-state index is -3.33. The summed E-state index contributed by atoms with van der Waals surface area (Å²) in [6, 6.07) is 0. The first-order valence-electron chi connectivity index (χ1n) is 3.62. The number of methoxy groups -OCH3 is 1. The molecule has 0 spiro atoms. The average Bonchev–Trinajstić information content (AvgIpc) is 2.11. The van der Waals surface area contributed by atoms with Crippen molar-refractivity contribution < 1.29 is 17.9 Å². The number of hydrogen-bond acceptors (Lipinski definition) is 4. The van der Waals surface area contributed by atoms with E-state index in [1.165, 1.54) is 7.11 Å². The number of ether oxygens (including phenoxy) is 1. The van der Waals surface area contributed by atoms with Crippen LogP contribution in [-0.4, -0.2) is 39.1 Å². The first-order chi connectivity index (χ1) is 6.02. The third kappa shape index (κ3) is 6.97. The van der Waals surface area contributed by atoms with Gasteiger partial charge in [-0.3, -0.25) is 4.79 Å². The molecule has 78 valence electrons. The first kappa shape index (κ1) is 12.9. The largest absolute Gasteiger partial charge is 0.469 e. The second-order valence-electron chi connectivity index (χ2n) is 2.23. The SMILES string of the molecule is COC(=O)CCS(=O)(=O)NCCBr. The Morgan fingerprint density at radius 1 is 1.54 bits per heavy atom. The molecular weight excluding hydrogens is 262 g/mol. The molecule has 7 heteroatoms. The number of sulfonamides is 1. The van der Waals surface area contributed by atoms with E-state index in [2.05, 4.69) is 25.4 Å². The molecule has 0 saturated heterocycles. The van der Waals surface area contributed by atoms with E-state index in [1.807, 2.05) is 0 Å². The van der Waals surface area contributed by atoms with Crippen LogP contribution in [-0.2, 0) is 19.6 Å². The molecule has 0 amide bonds. The molecule has 0 atom stereocenters. The molecule has 5 nitrogen and oxygen atoms in total. The van der Waals surface area contributed by atoms with Gasteiger partial charge in [-0.05, 0) is 0 Å². The van der Waals surface area contributed by atoms with Gasteiger partial charge in [0.05, 0.1) is 19.3 Å². The monoisotopic (exact) mass is 273 g/mol. The molecule has 0 aliphatic heterocycles.